The van der Waals surface area contributed by atoms with Crippen molar-refractivity contribution in [3.05, 3.63) is 12.2 Å². The van der Waals surface area contributed by atoms with E-state index in [0.29, 0.717) is 6.42 Å². The summed E-state index contributed by atoms with van der Waals surface area (Å²) in [4.78, 5) is 2.30. The minimum absolute atomic E-state index is 0.0413. The number of likely N-dealkylation sites (N-methyl/N-ethyl adjacent to an activating group) is 1. The lowest BCUT2D eigenvalue weighted by Gasteiger charge is -2.34. The first-order chi connectivity index (χ1) is 6.63. The van der Waals surface area contributed by atoms with Crippen LogP contribution in [0.3, 0.4) is 0 Å². The van der Waals surface area contributed by atoms with E-state index in [4.69, 9.17) is 4.74 Å². The third kappa shape index (κ3) is 3.40. The van der Waals surface area contributed by atoms with Crippen molar-refractivity contribution in [2.45, 2.75) is 32.5 Å². The molecular formula is C11H21NO2. The highest BCUT2D eigenvalue weighted by atomic mass is 16.5. The van der Waals surface area contributed by atoms with Crippen LogP contribution in [-0.4, -0.2) is 48.5 Å². The fraction of sp³-hybridized carbons (Fsp3) is 0.818. The summed E-state index contributed by atoms with van der Waals surface area (Å²) < 4.78 is 5.54. The number of aliphatic hydroxyl groups is 1. The molecule has 0 spiro atoms. The van der Waals surface area contributed by atoms with E-state index in [9.17, 15) is 5.11 Å². The molecule has 14 heavy (non-hydrogen) atoms. The predicted octanol–water partition coefficient (Wildman–Crippen LogP) is 1.03. The quantitative estimate of drug-likeness (QED) is 0.687. The van der Waals surface area contributed by atoms with E-state index in [0.717, 1.165) is 31.8 Å². The topological polar surface area (TPSA) is 32.7 Å². The molecule has 1 fully saturated rings. The molecule has 1 aliphatic rings. The van der Waals surface area contributed by atoms with Gasteiger partial charge in [-0.1, -0.05) is 12.5 Å². The Labute approximate surface area is 86.4 Å². The smallest absolute Gasteiger partial charge is 0.0964 e. The lowest BCUT2D eigenvalue weighted by molar-refractivity contribution is -0.0866. The Bertz CT molecular complexity index is 194. The zero-order valence-corrected chi connectivity index (χ0v) is 9.20. The highest BCUT2D eigenvalue weighted by Gasteiger charge is 2.25. The average Bonchev–Trinajstić information content (AvgIpc) is 2.17. The largest absolute Gasteiger partial charge is 0.390 e. The standard InChI is InChI=1S/C11H21NO2/c1-4-12-5-6-14-11(8-12)10(13)7-9(2)3/h10-11,13H,2,4-8H2,1,3H3. The normalized spacial score (nSPS) is 26.1. The van der Waals surface area contributed by atoms with Crippen molar-refractivity contribution in [1.29, 1.82) is 0 Å². The monoisotopic (exact) mass is 199 g/mol. The Morgan fingerprint density at radius 2 is 2.43 bits per heavy atom. The summed E-state index contributed by atoms with van der Waals surface area (Å²) in [5, 5.41) is 9.85. The summed E-state index contributed by atoms with van der Waals surface area (Å²) in [5.41, 5.74) is 1.01. The molecular weight excluding hydrogens is 178 g/mol. The molecule has 1 saturated heterocycles. The second kappa shape index (κ2) is 5.49. The average molecular weight is 199 g/mol. The Balaban J connectivity index is 2.38. The van der Waals surface area contributed by atoms with Crippen LogP contribution in [-0.2, 0) is 4.74 Å². The van der Waals surface area contributed by atoms with Crippen molar-refractivity contribution in [1.82, 2.24) is 4.90 Å². The van der Waals surface area contributed by atoms with Crippen LogP contribution < -0.4 is 0 Å². The first kappa shape index (κ1) is 11.7. The van der Waals surface area contributed by atoms with Crippen molar-refractivity contribution in [2.75, 3.05) is 26.2 Å². The number of nitrogens with zero attached hydrogens (tertiary/aromatic N) is 1. The maximum atomic E-state index is 9.85. The minimum atomic E-state index is -0.401. The van der Waals surface area contributed by atoms with Gasteiger partial charge >= 0.3 is 0 Å². The van der Waals surface area contributed by atoms with Crippen molar-refractivity contribution in [3.63, 3.8) is 0 Å². The van der Waals surface area contributed by atoms with Gasteiger partial charge in [-0.2, -0.15) is 0 Å². The fourth-order valence-corrected chi connectivity index (χ4v) is 1.74. The molecule has 1 heterocycles. The maximum absolute atomic E-state index is 9.85. The Kier molecular flexibility index (Phi) is 4.58. The predicted molar refractivity (Wildman–Crippen MR) is 57.3 cm³/mol. The van der Waals surface area contributed by atoms with Crippen LogP contribution in [0.4, 0.5) is 0 Å². The number of morpholine rings is 1. The van der Waals surface area contributed by atoms with Gasteiger partial charge in [-0.05, 0) is 19.9 Å². The van der Waals surface area contributed by atoms with Gasteiger partial charge in [0.25, 0.3) is 0 Å². The molecule has 0 saturated carbocycles. The molecule has 0 amide bonds. The first-order valence-electron chi connectivity index (χ1n) is 5.30. The molecule has 3 nitrogen and oxygen atoms in total. The van der Waals surface area contributed by atoms with Crippen LogP contribution >= 0.6 is 0 Å². The Hall–Kier alpha value is -0.380. The highest BCUT2D eigenvalue weighted by molar-refractivity contribution is 4.93. The molecule has 1 N–H and O–H groups in total. The maximum Gasteiger partial charge on any atom is 0.0964 e. The van der Waals surface area contributed by atoms with Crippen molar-refractivity contribution >= 4 is 0 Å². The molecule has 2 unspecified atom stereocenters. The van der Waals surface area contributed by atoms with Gasteiger partial charge in [0.2, 0.25) is 0 Å². The summed E-state index contributed by atoms with van der Waals surface area (Å²) in [6, 6.07) is 0. The Morgan fingerprint density at radius 3 is 3.00 bits per heavy atom. The van der Waals surface area contributed by atoms with Gasteiger partial charge in [-0.15, -0.1) is 6.58 Å². The molecule has 2 atom stereocenters. The molecule has 0 aliphatic carbocycles. The molecule has 0 aromatic heterocycles. The van der Waals surface area contributed by atoms with E-state index in [-0.39, 0.29) is 6.10 Å². The molecule has 0 aromatic rings. The Morgan fingerprint density at radius 1 is 1.71 bits per heavy atom. The number of ether oxygens (including phenoxy) is 1. The summed E-state index contributed by atoms with van der Waals surface area (Å²) in [6.07, 6.45) is 0.199. The zero-order valence-electron chi connectivity index (χ0n) is 9.20. The van der Waals surface area contributed by atoms with E-state index in [1.165, 1.54) is 0 Å². The van der Waals surface area contributed by atoms with Crippen LogP contribution in [0.5, 0.6) is 0 Å². The van der Waals surface area contributed by atoms with E-state index in [2.05, 4.69) is 18.4 Å². The van der Waals surface area contributed by atoms with Crippen molar-refractivity contribution < 1.29 is 9.84 Å². The van der Waals surface area contributed by atoms with Crippen molar-refractivity contribution in [3.8, 4) is 0 Å². The lowest BCUT2D eigenvalue weighted by atomic mass is 10.0. The second-order valence-electron chi connectivity index (χ2n) is 4.03. The lowest BCUT2D eigenvalue weighted by Crippen LogP contribution is -2.47. The molecule has 0 radical (unpaired) electrons. The molecule has 82 valence electrons. The third-order valence-corrected chi connectivity index (χ3v) is 2.61. The van der Waals surface area contributed by atoms with E-state index in [1.54, 1.807) is 0 Å². The fourth-order valence-electron chi connectivity index (χ4n) is 1.74. The third-order valence-electron chi connectivity index (χ3n) is 2.61. The van der Waals surface area contributed by atoms with Crippen LogP contribution in [0.2, 0.25) is 0 Å². The van der Waals surface area contributed by atoms with Gasteiger partial charge < -0.3 is 9.84 Å². The molecule has 1 aliphatic heterocycles. The summed E-state index contributed by atoms with van der Waals surface area (Å²) >= 11 is 0. The number of hydrogen-bond donors (Lipinski definition) is 1. The molecule has 0 bridgehead atoms. The minimum Gasteiger partial charge on any atom is -0.390 e. The van der Waals surface area contributed by atoms with Gasteiger partial charge in [0.05, 0.1) is 18.8 Å². The first-order valence-corrected chi connectivity index (χ1v) is 5.30. The van der Waals surface area contributed by atoms with E-state index in [1.807, 2.05) is 6.92 Å². The molecule has 1 rings (SSSR count). The van der Waals surface area contributed by atoms with Gasteiger partial charge in [0.1, 0.15) is 0 Å². The summed E-state index contributed by atoms with van der Waals surface area (Å²) in [7, 11) is 0. The number of hydrogen-bond acceptors (Lipinski definition) is 3. The van der Waals surface area contributed by atoms with Gasteiger partial charge in [0.15, 0.2) is 0 Å². The second-order valence-corrected chi connectivity index (χ2v) is 4.03. The van der Waals surface area contributed by atoms with Gasteiger partial charge in [-0.25, -0.2) is 0 Å². The van der Waals surface area contributed by atoms with Crippen LogP contribution in [0.1, 0.15) is 20.3 Å². The van der Waals surface area contributed by atoms with Crippen LogP contribution in [0, 0.1) is 0 Å². The number of rotatable bonds is 4. The van der Waals surface area contributed by atoms with Gasteiger partial charge in [-0.3, -0.25) is 4.90 Å². The summed E-state index contributed by atoms with van der Waals surface area (Å²) in [5.74, 6) is 0. The SMILES string of the molecule is C=C(C)CC(O)C1CN(CC)CCO1. The van der Waals surface area contributed by atoms with Crippen LogP contribution in [0.25, 0.3) is 0 Å². The van der Waals surface area contributed by atoms with E-state index >= 15 is 0 Å². The summed E-state index contributed by atoms with van der Waals surface area (Å²) in [6.45, 7) is 11.4. The van der Waals surface area contributed by atoms with Gasteiger partial charge in [0, 0.05) is 13.1 Å². The molecule has 0 aromatic carbocycles. The van der Waals surface area contributed by atoms with E-state index < -0.39 is 6.10 Å². The highest BCUT2D eigenvalue weighted by Crippen LogP contribution is 2.13. The van der Waals surface area contributed by atoms with Crippen molar-refractivity contribution in [2.24, 2.45) is 0 Å². The zero-order chi connectivity index (χ0) is 10.6. The van der Waals surface area contributed by atoms with Crippen LogP contribution in [0.15, 0.2) is 12.2 Å². The number of aliphatic hydroxyl groups excluding tert-OH is 1. The molecule has 3 heteroatoms.